The van der Waals surface area contributed by atoms with E-state index in [0.717, 1.165) is 22.2 Å². The SMILES string of the molecule is CCOC(=O)c1[nH]c2ccc(Oc3ccccc3)cc2c1CN. The fourth-order valence-corrected chi connectivity index (χ4v) is 2.50. The van der Waals surface area contributed by atoms with E-state index < -0.39 is 5.97 Å². The van der Waals surface area contributed by atoms with Gasteiger partial charge in [0.25, 0.3) is 0 Å². The first-order chi connectivity index (χ1) is 11.2. The van der Waals surface area contributed by atoms with Crippen molar-refractivity contribution in [2.24, 2.45) is 5.73 Å². The van der Waals surface area contributed by atoms with Crippen LogP contribution in [0.3, 0.4) is 0 Å². The second-order valence-electron chi connectivity index (χ2n) is 5.03. The highest BCUT2D eigenvalue weighted by Crippen LogP contribution is 2.29. The highest BCUT2D eigenvalue weighted by molar-refractivity contribution is 5.98. The minimum Gasteiger partial charge on any atom is -0.461 e. The van der Waals surface area contributed by atoms with Gasteiger partial charge >= 0.3 is 5.97 Å². The third-order valence-corrected chi connectivity index (χ3v) is 3.54. The maximum Gasteiger partial charge on any atom is 0.355 e. The predicted octanol–water partition coefficient (Wildman–Crippen LogP) is 3.60. The van der Waals surface area contributed by atoms with Crippen LogP contribution in [0.1, 0.15) is 23.0 Å². The zero-order valence-electron chi connectivity index (χ0n) is 12.8. The number of carbonyl (C=O) groups excluding carboxylic acids is 1. The Morgan fingerprint density at radius 3 is 2.61 bits per heavy atom. The lowest BCUT2D eigenvalue weighted by atomic mass is 10.1. The number of fused-ring (bicyclic) bond motifs is 1. The maximum atomic E-state index is 12.0. The fraction of sp³-hybridized carbons (Fsp3) is 0.167. The van der Waals surface area contributed by atoms with Crippen molar-refractivity contribution in [1.82, 2.24) is 4.98 Å². The number of nitrogens with two attached hydrogens (primary N) is 1. The van der Waals surface area contributed by atoms with Crippen LogP contribution in [0.2, 0.25) is 0 Å². The number of esters is 1. The van der Waals surface area contributed by atoms with Crippen molar-refractivity contribution in [1.29, 1.82) is 0 Å². The summed E-state index contributed by atoms with van der Waals surface area (Å²) < 4.78 is 10.9. The molecule has 0 amide bonds. The molecule has 2 aromatic carbocycles. The van der Waals surface area contributed by atoms with E-state index in [9.17, 15) is 4.79 Å². The molecule has 0 bridgehead atoms. The Morgan fingerprint density at radius 1 is 1.13 bits per heavy atom. The molecule has 0 aliphatic heterocycles. The molecule has 118 valence electrons. The molecule has 3 rings (SSSR count). The molecule has 5 heteroatoms. The Hall–Kier alpha value is -2.79. The number of para-hydroxylation sites is 1. The Kier molecular flexibility index (Phi) is 4.30. The predicted molar refractivity (Wildman–Crippen MR) is 88.7 cm³/mol. The molecule has 0 radical (unpaired) electrons. The molecule has 0 saturated heterocycles. The first kappa shape index (κ1) is 15.1. The normalized spacial score (nSPS) is 10.7. The van der Waals surface area contributed by atoms with Crippen LogP contribution in [0.15, 0.2) is 48.5 Å². The molecule has 1 heterocycles. The minimum absolute atomic E-state index is 0.239. The summed E-state index contributed by atoms with van der Waals surface area (Å²) in [6.45, 7) is 2.33. The van der Waals surface area contributed by atoms with Gasteiger partial charge in [0.15, 0.2) is 0 Å². The Morgan fingerprint density at radius 2 is 1.91 bits per heavy atom. The van der Waals surface area contributed by atoms with E-state index in [1.165, 1.54) is 0 Å². The first-order valence-corrected chi connectivity index (χ1v) is 7.47. The standard InChI is InChI=1S/C18H18N2O3/c1-2-22-18(21)17-15(11-19)14-10-13(8-9-16(14)20-17)23-12-6-4-3-5-7-12/h3-10,20H,2,11,19H2,1H3. The van der Waals surface area contributed by atoms with Crippen LogP contribution in [0.4, 0.5) is 0 Å². The number of carbonyl (C=O) groups is 1. The molecule has 0 saturated carbocycles. The van der Waals surface area contributed by atoms with Crippen LogP contribution in [0, 0.1) is 0 Å². The number of aromatic amines is 1. The molecule has 0 spiro atoms. The number of nitrogens with one attached hydrogen (secondary N) is 1. The molecule has 0 unspecified atom stereocenters. The van der Waals surface area contributed by atoms with Crippen LogP contribution in [0.25, 0.3) is 10.9 Å². The molecule has 0 atom stereocenters. The van der Waals surface area contributed by atoms with Crippen LogP contribution in [-0.2, 0) is 11.3 Å². The van der Waals surface area contributed by atoms with Crippen LogP contribution >= 0.6 is 0 Å². The number of hydrogen-bond donors (Lipinski definition) is 2. The van der Waals surface area contributed by atoms with E-state index in [-0.39, 0.29) is 6.54 Å². The van der Waals surface area contributed by atoms with Crippen molar-refractivity contribution in [3.05, 3.63) is 59.8 Å². The fourth-order valence-electron chi connectivity index (χ4n) is 2.50. The number of ether oxygens (including phenoxy) is 2. The van der Waals surface area contributed by atoms with Gasteiger partial charge in [0.1, 0.15) is 17.2 Å². The smallest absolute Gasteiger partial charge is 0.355 e. The summed E-state index contributed by atoms with van der Waals surface area (Å²) in [5.74, 6) is 1.05. The van der Waals surface area contributed by atoms with Gasteiger partial charge in [0.2, 0.25) is 0 Å². The molecule has 1 aromatic heterocycles. The largest absolute Gasteiger partial charge is 0.461 e. The highest BCUT2D eigenvalue weighted by Gasteiger charge is 2.18. The number of hydrogen-bond acceptors (Lipinski definition) is 4. The average molecular weight is 310 g/mol. The van der Waals surface area contributed by atoms with Crippen LogP contribution in [-0.4, -0.2) is 17.6 Å². The molecule has 0 aliphatic carbocycles. The summed E-state index contributed by atoms with van der Waals surface area (Å²) in [6.07, 6.45) is 0. The lowest BCUT2D eigenvalue weighted by Gasteiger charge is -2.06. The second kappa shape index (κ2) is 6.54. The minimum atomic E-state index is -0.394. The quantitative estimate of drug-likeness (QED) is 0.706. The van der Waals surface area contributed by atoms with Crippen molar-refractivity contribution < 1.29 is 14.3 Å². The van der Waals surface area contributed by atoms with Crippen molar-refractivity contribution in [2.75, 3.05) is 6.61 Å². The third-order valence-electron chi connectivity index (χ3n) is 3.54. The van der Waals surface area contributed by atoms with E-state index >= 15 is 0 Å². The second-order valence-corrected chi connectivity index (χ2v) is 5.03. The summed E-state index contributed by atoms with van der Waals surface area (Å²) in [4.78, 5) is 15.1. The molecule has 0 aliphatic rings. The van der Waals surface area contributed by atoms with Crippen LogP contribution < -0.4 is 10.5 Å². The Labute approximate surface area is 134 Å². The van der Waals surface area contributed by atoms with Gasteiger partial charge < -0.3 is 20.2 Å². The lowest BCUT2D eigenvalue weighted by Crippen LogP contribution is -2.10. The van der Waals surface area contributed by atoms with E-state index in [2.05, 4.69) is 4.98 Å². The zero-order chi connectivity index (χ0) is 16.2. The van der Waals surface area contributed by atoms with Crippen molar-refractivity contribution in [3.63, 3.8) is 0 Å². The summed E-state index contributed by atoms with van der Waals surface area (Å²) >= 11 is 0. The summed E-state index contributed by atoms with van der Waals surface area (Å²) in [6, 6.07) is 15.1. The molecule has 3 N–H and O–H groups in total. The summed E-state index contributed by atoms with van der Waals surface area (Å²) in [5.41, 5.74) is 7.79. The average Bonchev–Trinajstić information content (AvgIpc) is 2.94. The van der Waals surface area contributed by atoms with Crippen molar-refractivity contribution in [3.8, 4) is 11.5 Å². The molecule has 3 aromatic rings. The van der Waals surface area contributed by atoms with E-state index in [1.54, 1.807) is 6.92 Å². The van der Waals surface area contributed by atoms with Gasteiger partial charge in [0, 0.05) is 23.0 Å². The zero-order valence-corrected chi connectivity index (χ0v) is 12.8. The highest BCUT2D eigenvalue weighted by atomic mass is 16.5. The van der Waals surface area contributed by atoms with E-state index in [1.807, 2.05) is 48.5 Å². The van der Waals surface area contributed by atoms with E-state index in [0.29, 0.717) is 18.1 Å². The number of rotatable bonds is 5. The lowest BCUT2D eigenvalue weighted by molar-refractivity contribution is 0.0519. The van der Waals surface area contributed by atoms with E-state index in [4.69, 9.17) is 15.2 Å². The Bertz CT molecular complexity index is 825. The molecule has 0 fully saturated rings. The van der Waals surface area contributed by atoms with Crippen molar-refractivity contribution >= 4 is 16.9 Å². The maximum absolute atomic E-state index is 12.0. The number of aromatic nitrogens is 1. The molecular formula is C18H18N2O3. The summed E-state index contributed by atoms with van der Waals surface area (Å²) in [5, 5.41) is 0.865. The monoisotopic (exact) mass is 310 g/mol. The number of benzene rings is 2. The van der Waals surface area contributed by atoms with Gasteiger partial charge in [-0.25, -0.2) is 4.79 Å². The molecule has 5 nitrogen and oxygen atoms in total. The topological polar surface area (TPSA) is 77.3 Å². The Balaban J connectivity index is 2.00. The first-order valence-electron chi connectivity index (χ1n) is 7.47. The van der Waals surface area contributed by atoms with Gasteiger partial charge in [-0.2, -0.15) is 0 Å². The molecule has 23 heavy (non-hydrogen) atoms. The third kappa shape index (κ3) is 3.05. The summed E-state index contributed by atoms with van der Waals surface area (Å²) in [7, 11) is 0. The van der Waals surface area contributed by atoms with Gasteiger partial charge in [-0.15, -0.1) is 0 Å². The van der Waals surface area contributed by atoms with Gasteiger partial charge in [-0.1, -0.05) is 18.2 Å². The number of H-pyrrole nitrogens is 1. The van der Waals surface area contributed by atoms with Gasteiger partial charge in [0.05, 0.1) is 6.61 Å². The van der Waals surface area contributed by atoms with Gasteiger partial charge in [-0.05, 0) is 37.3 Å². The van der Waals surface area contributed by atoms with Crippen molar-refractivity contribution in [2.45, 2.75) is 13.5 Å². The van der Waals surface area contributed by atoms with Crippen LogP contribution in [0.5, 0.6) is 11.5 Å². The molecular weight excluding hydrogens is 292 g/mol. The van der Waals surface area contributed by atoms with Gasteiger partial charge in [-0.3, -0.25) is 0 Å².